The van der Waals surface area contributed by atoms with Crippen molar-refractivity contribution in [1.82, 2.24) is 4.90 Å². The highest BCUT2D eigenvalue weighted by atomic mass is 32.2. The molecule has 0 saturated carbocycles. The van der Waals surface area contributed by atoms with Gasteiger partial charge in [-0.1, -0.05) is 0 Å². The maximum Gasteiger partial charge on any atom is 0.225 e. The quantitative estimate of drug-likeness (QED) is 0.773. The first-order chi connectivity index (χ1) is 10.9. The summed E-state index contributed by atoms with van der Waals surface area (Å²) in [6, 6.07) is 0.0501. The second kappa shape index (κ2) is 5.57. The van der Waals surface area contributed by atoms with Gasteiger partial charge in [0.1, 0.15) is 5.00 Å². The van der Waals surface area contributed by atoms with E-state index < -0.39 is 9.84 Å². The van der Waals surface area contributed by atoms with E-state index in [1.165, 1.54) is 28.8 Å². The van der Waals surface area contributed by atoms with E-state index in [1.54, 1.807) is 18.3 Å². The van der Waals surface area contributed by atoms with Crippen LogP contribution in [0.2, 0.25) is 0 Å². The molecule has 5 nitrogen and oxygen atoms in total. The van der Waals surface area contributed by atoms with Crippen molar-refractivity contribution < 1.29 is 13.2 Å². The van der Waals surface area contributed by atoms with Crippen molar-refractivity contribution >= 4 is 32.1 Å². The highest BCUT2D eigenvalue weighted by molar-refractivity contribution is 7.91. The molecule has 1 saturated heterocycles. The number of anilines is 1. The van der Waals surface area contributed by atoms with Crippen molar-refractivity contribution in [3.63, 3.8) is 0 Å². The van der Waals surface area contributed by atoms with Crippen LogP contribution in [0, 0.1) is 0 Å². The normalized spacial score (nSPS) is 26.8. The van der Waals surface area contributed by atoms with E-state index in [0.29, 0.717) is 13.1 Å². The van der Waals surface area contributed by atoms with Crippen molar-refractivity contribution in [3.05, 3.63) is 16.0 Å². The summed E-state index contributed by atoms with van der Waals surface area (Å²) in [5, 5.41) is 1.11. The molecule has 1 atom stereocenters. The Morgan fingerprint density at radius 3 is 2.70 bits per heavy atom. The molecule has 23 heavy (non-hydrogen) atoms. The number of rotatable bonds is 1. The van der Waals surface area contributed by atoms with E-state index in [0.717, 1.165) is 24.4 Å². The van der Waals surface area contributed by atoms with Gasteiger partial charge in [-0.2, -0.15) is 0 Å². The van der Waals surface area contributed by atoms with Crippen LogP contribution >= 0.6 is 11.3 Å². The van der Waals surface area contributed by atoms with E-state index in [1.807, 2.05) is 4.90 Å². The Bertz CT molecular complexity index is 754. The van der Waals surface area contributed by atoms with Crippen LogP contribution in [-0.2, 0) is 34.0 Å². The fraction of sp³-hybridized carbons (Fsp3) is 0.688. The maximum absolute atomic E-state index is 12.1. The summed E-state index contributed by atoms with van der Waals surface area (Å²) < 4.78 is 23.6. The van der Waals surface area contributed by atoms with Crippen LogP contribution in [0.15, 0.2) is 0 Å². The summed E-state index contributed by atoms with van der Waals surface area (Å²) in [6.45, 7) is 2.93. The van der Waals surface area contributed by atoms with Crippen LogP contribution in [0.4, 0.5) is 5.00 Å². The average Bonchev–Trinajstić information content (AvgIpc) is 3.06. The van der Waals surface area contributed by atoms with Crippen LogP contribution in [-0.4, -0.2) is 43.4 Å². The Kier molecular flexibility index (Phi) is 3.77. The van der Waals surface area contributed by atoms with Crippen LogP contribution in [0.5, 0.6) is 0 Å². The predicted octanol–water partition coefficient (Wildman–Crippen LogP) is 1.94. The zero-order valence-electron chi connectivity index (χ0n) is 13.4. The summed E-state index contributed by atoms with van der Waals surface area (Å²) in [5.41, 5.74) is 2.73. The van der Waals surface area contributed by atoms with Crippen LogP contribution in [0.3, 0.4) is 0 Å². The highest BCUT2D eigenvalue weighted by Gasteiger charge is 2.38. The van der Waals surface area contributed by atoms with Crippen LogP contribution in [0.25, 0.3) is 0 Å². The maximum atomic E-state index is 12.1. The van der Waals surface area contributed by atoms with Gasteiger partial charge >= 0.3 is 0 Å². The third-order valence-electron chi connectivity index (χ3n) is 5.29. The fourth-order valence-corrected chi connectivity index (χ4v) is 7.24. The number of nitrogens with zero attached hydrogens (tertiary/aromatic N) is 2. The Labute approximate surface area is 141 Å². The molecule has 1 aliphatic carbocycles. The average molecular weight is 354 g/mol. The van der Waals surface area contributed by atoms with Gasteiger partial charge in [0.25, 0.3) is 0 Å². The predicted molar refractivity (Wildman–Crippen MR) is 91.6 cm³/mol. The number of amides is 1. The SMILES string of the molecule is CC(=O)N1CN(C2CCS(=O)(=O)C2)Cc2c1sc1c2CCCC1. The molecule has 0 aromatic carbocycles. The molecule has 1 fully saturated rings. The van der Waals surface area contributed by atoms with Gasteiger partial charge in [-0.25, -0.2) is 8.42 Å². The second-order valence-corrected chi connectivity index (χ2v) is 10.2. The number of aryl methyl sites for hydroxylation is 1. The molecule has 0 radical (unpaired) electrons. The summed E-state index contributed by atoms with van der Waals surface area (Å²) in [6.07, 6.45) is 5.36. The Balaban J connectivity index is 1.70. The zero-order chi connectivity index (χ0) is 16.2. The zero-order valence-corrected chi connectivity index (χ0v) is 15.0. The fourth-order valence-electron chi connectivity index (χ4n) is 4.05. The van der Waals surface area contributed by atoms with E-state index in [-0.39, 0.29) is 23.5 Å². The lowest BCUT2D eigenvalue weighted by Crippen LogP contribution is -2.49. The summed E-state index contributed by atoms with van der Waals surface area (Å²) in [7, 11) is -2.91. The molecule has 7 heteroatoms. The number of hydrogen-bond acceptors (Lipinski definition) is 5. The van der Waals surface area contributed by atoms with E-state index >= 15 is 0 Å². The molecule has 1 aromatic rings. The first kappa shape index (κ1) is 15.6. The molecular weight excluding hydrogens is 332 g/mol. The van der Waals surface area contributed by atoms with E-state index in [2.05, 4.69) is 4.90 Å². The van der Waals surface area contributed by atoms with Crippen LogP contribution in [0.1, 0.15) is 42.2 Å². The van der Waals surface area contributed by atoms with Gasteiger partial charge in [0, 0.05) is 30.0 Å². The minimum atomic E-state index is -2.91. The third-order valence-corrected chi connectivity index (χ3v) is 8.40. The number of carbonyl (C=O) groups excluding carboxylic acids is 1. The van der Waals surface area contributed by atoms with Gasteiger partial charge in [-0.15, -0.1) is 11.3 Å². The molecule has 3 aliphatic rings. The number of carbonyl (C=O) groups is 1. The molecule has 0 spiro atoms. The van der Waals surface area contributed by atoms with Gasteiger partial charge in [0.05, 0.1) is 18.2 Å². The first-order valence-electron chi connectivity index (χ1n) is 8.30. The van der Waals surface area contributed by atoms with Crippen molar-refractivity contribution in [3.8, 4) is 0 Å². The lowest BCUT2D eigenvalue weighted by Gasteiger charge is -2.38. The van der Waals surface area contributed by atoms with Gasteiger partial charge in [0.2, 0.25) is 5.91 Å². The van der Waals surface area contributed by atoms with Gasteiger partial charge in [-0.3, -0.25) is 14.6 Å². The number of hydrogen-bond donors (Lipinski definition) is 0. The minimum Gasteiger partial charge on any atom is -0.290 e. The standard InChI is InChI=1S/C16H22N2O3S2/c1-11(19)18-10-17(12-6-7-23(20,21)9-12)8-14-13-4-2-3-5-15(13)22-16(14)18/h12H,2-10H2,1H3. The molecule has 1 amide bonds. The van der Waals surface area contributed by atoms with Crippen molar-refractivity contribution in [2.24, 2.45) is 0 Å². The monoisotopic (exact) mass is 354 g/mol. The van der Waals surface area contributed by atoms with Crippen molar-refractivity contribution in [2.75, 3.05) is 23.1 Å². The number of thiophene rings is 1. The number of fused-ring (bicyclic) bond motifs is 3. The minimum absolute atomic E-state index is 0.0501. The summed E-state index contributed by atoms with van der Waals surface area (Å²) in [4.78, 5) is 17.6. The smallest absolute Gasteiger partial charge is 0.225 e. The molecule has 1 unspecified atom stereocenters. The van der Waals surface area contributed by atoms with Crippen molar-refractivity contribution in [2.45, 2.75) is 51.6 Å². The third kappa shape index (κ3) is 2.72. The lowest BCUT2D eigenvalue weighted by molar-refractivity contribution is -0.117. The molecular formula is C16H22N2O3S2. The Hall–Kier alpha value is -0.920. The number of sulfone groups is 1. The molecule has 126 valence electrons. The first-order valence-corrected chi connectivity index (χ1v) is 10.9. The summed E-state index contributed by atoms with van der Waals surface area (Å²) in [5.74, 6) is 0.568. The van der Waals surface area contributed by atoms with Crippen LogP contribution < -0.4 is 4.90 Å². The molecule has 0 bridgehead atoms. The second-order valence-electron chi connectivity index (χ2n) is 6.89. The molecule has 2 aliphatic heterocycles. The van der Waals surface area contributed by atoms with Crippen molar-refractivity contribution in [1.29, 1.82) is 0 Å². The molecule has 3 heterocycles. The topological polar surface area (TPSA) is 57.7 Å². The highest BCUT2D eigenvalue weighted by Crippen LogP contribution is 2.43. The van der Waals surface area contributed by atoms with E-state index in [4.69, 9.17) is 0 Å². The Morgan fingerprint density at radius 1 is 1.22 bits per heavy atom. The van der Waals surface area contributed by atoms with Gasteiger partial charge in [0.15, 0.2) is 9.84 Å². The van der Waals surface area contributed by atoms with E-state index in [9.17, 15) is 13.2 Å². The summed E-state index contributed by atoms with van der Waals surface area (Å²) >= 11 is 1.78. The van der Waals surface area contributed by atoms with Gasteiger partial charge < -0.3 is 0 Å². The largest absolute Gasteiger partial charge is 0.290 e. The van der Waals surface area contributed by atoms with Gasteiger partial charge in [-0.05, 0) is 37.7 Å². The molecule has 1 aromatic heterocycles. The lowest BCUT2D eigenvalue weighted by atomic mass is 9.94. The molecule has 4 rings (SSSR count). The molecule has 0 N–H and O–H groups in total. The Morgan fingerprint density at radius 2 is 2.00 bits per heavy atom.